The summed E-state index contributed by atoms with van der Waals surface area (Å²) in [6.07, 6.45) is 1.80. The Hall–Kier alpha value is -1.86. The molecule has 0 aromatic heterocycles. The molecule has 0 spiro atoms. The molecule has 1 atom stereocenters. The van der Waals surface area contributed by atoms with Crippen molar-refractivity contribution in [2.45, 2.75) is 19.4 Å². The van der Waals surface area contributed by atoms with Gasteiger partial charge < -0.3 is 5.32 Å². The van der Waals surface area contributed by atoms with Gasteiger partial charge >= 0.3 is 0 Å². The number of halogens is 1. The third kappa shape index (κ3) is 3.32. The molecule has 126 valence electrons. The van der Waals surface area contributed by atoms with Gasteiger partial charge in [0, 0.05) is 21.8 Å². The summed E-state index contributed by atoms with van der Waals surface area (Å²) < 4.78 is 26.2. The summed E-state index contributed by atoms with van der Waals surface area (Å²) in [6.45, 7) is 1.86. The van der Waals surface area contributed by atoms with E-state index in [1.54, 1.807) is 18.2 Å². The number of anilines is 2. The Kier molecular flexibility index (Phi) is 4.40. The number of hydrogen-bond donors (Lipinski definition) is 1. The first-order valence-corrected chi connectivity index (χ1v) is 10.1. The molecule has 5 nitrogen and oxygen atoms in total. The van der Waals surface area contributed by atoms with Gasteiger partial charge in [-0.25, -0.2) is 8.42 Å². The van der Waals surface area contributed by atoms with Crippen LogP contribution in [0, 0.1) is 0 Å². The highest BCUT2D eigenvalue weighted by molar-refractivity contribution is 9.10. The molecule has 7 heteroatoms. The summed E-state index contributed by atoms with van der Waals surface area (Å²) in [5.74, 6) is -0.221. The molecule has 0 saturated carbocycles. The predicted molar refractivity (Wildman–Crippen MR) is 99.0 cm³/mol. The van der Waals surface area contributed by atoms with E-state index in [0.29, 0.717) is 23.4 Å². The zero-order valence-corrected chi connectivity index (χ0v) is 15.7. The summed E-state index contributed by atoms with van der Waals surface area (Å²) in [7, 11) is -3.32. The molecule has 0 radical (unpaired) electrons. The van der Waals surface area contributed by atoms with Crippen molar-refractivity contribution in [1.29, 1.82) is 0 Å². The molecular formula is C17H17BrN2O3S. The fraction of sp³-hybridized carbons (Fsp3) is 0.235. The van der Waals surface area contributed by atoms with Gasteiger partial charge in [-0.05, 0) is 55.3 Å². The van der Waals surface area contributed by atoms with Crippen LogP contribution in [-0.4, -0.2) is 26.6 Å². The number of nitrogens with zero attached hydrogens (tertiary/aromatic N) is 1. The van der Waals surface area contributed by atoms with Crippen molar-refractivity contribution in [2.24, 2.45) is 0 Å². The normalized spacial score (nSPS) is 16.8. The minimum absolute atomic E-state index is 0.140. The van der Waals surface area contributed by atoms with E-state index < -0.39 is 10.0 Å². The van der Waals surface area contributed by atoms with Gasteiger partial charge in [-0.3, -0.25) is 9.10 Å². The van der Waals surface area contributed by atoms with Crippen LogP contribution in [0.3, 0.4) is 0 Å². The van der Waals surface area contributed by atoms with Crippen LogP contribution in [0.5, 0.6) is 0 Å². The average Bonchev–Trinajstić information content (AvgIpc) is 2.81. The van der Waals surface area contributed by atoms with Crippen LogP contribution in [0.1, 0.15) is 22.8 Å². The van der Waals surface area contributed by atoms with Crippen molar-refractivity contribution in [3.05, 3.63) is 58.1 Å². The molecule has 0 unspecified atom stereocenters. The lowest BCUT2D eigenvalue weighted by Gasteiger charge is -2.21. The third-order valence-corrected chi connectivity index (χ3v) is 5.70. The molecule has 0 aliphatic carbocycles. The Labute approximate surface area is 149 Å². The van der Waals surface area contributed by atoms with E-state index in [1.807, 2.05) is 31.2 Å². The van der Waals surface area contributed by atoms with Gasteiger partial charge in [-0.15, -0.1) is 0 Å². The molecule has 2 aromatic carbocycles. The van der Waals surface area contributed by atoms with Crippen LogP contribution in [0.25, 0.3) is 0 Å². The second-order valence-electron chi connectivity index (χ2n) is 5.92. The van der Waals surface area contributed by atoms with Gasteiger partial charge in [0.25, 0.3) is 5.91 Å². The molecule has 1 amide bonds. The smallest absolute Gasteiger partial charge is 0.255 e. The first-order valence-electron chi connectivity index (χ1n) is 7.45. The van der Waals surface area contributed by atoms with Gasteiger partial charge in [-0.1, -0.05) is 22.0 Å². The van der Waals surface area contributed by atoms with Crippen molar-refractivity contribution in [2.75, 3.05) is 15.9 Å². The topological polar surface area (TPSA) is 66.5 Å². The van der Waals surface area contributed by atoms with Crippen molar-refractivity contribution >= 4 is 43.2 Å². The summed E-state index contributed by atoms with van der Waals surface area (Å²) in [6, 6.07) is 12.3. The summed E-state index contributed by atoms with van der Waals surface area (Å²) in [4.78, 5) is 12.4. The molecule has 2 aromatic rings. The fourth-order valence-corrected chi connectivity index (χ4v) is 4.68. The van der Waals surface area contributed by atoms with Crippen molar-refractivity contribution < 1.29 is 13.2 Å². The van der Waals surface area contributed by atoms with Gasteiger partial charge in [0.15, 0.2) is 0 Å². The number of amides is 1. The molecule has 1 heterocycles. The van der Waals surface area contributed by atoms with Gasteiger partial charge in [0.1, 0.15) is 0 Å². The van der Waals surface area contributed by atoms with Crippen LogP contribution < -0.4 is 9.62 Å². The van der Waals surface area contributed by atoms with Crippen LogP contribution in [-0.2, 0) is 16.4 Å². The van der Waals surface area contributed by atoms with E-state index >= 15 is 0 Å². The summed E-state index contributed by atoms with van der Waals surface area (Å²) in [5, 5.41) is 2.84. The second-order valence-corrected chi connectivity index (χ2v) is 8.70. The average molecular weight is 409 g/mol. The highest BCUT2D eigenvalue weighted by Gasteiger charge is 2.32. The zero-order valence-electron chi connectivity index (χ0n) is 13.3. The third-order valence-electron chi connectivity index (χ3n) is 3.93. The van der Waals surface area contributed by atoms with Gasteiger partial charge in [-0.2, -0.15) is 0 Å². The first kappa shape index (κ1) is 17.0. The number of carbonyl (C=O) groups is 1. The maximum atomic E-state index is 12.4. The number of fused-ring (bicyclic) bond motifs is 1. The molecule has 1 N–H and O–H groups in total. The quantitative estimate of drug-likeness (QED) is 0.845. The van der Waals surface area contributed by atoms with E-state index in [9.17, 15) is 13.2 Å². The zero-order chi connectivity index (χ0) is 17.5. The maximum absolute atomic E-state index is 12.4. The molecular weight excluding hydrogens is 392 g/mol. The number of hydrogen-bond acceptors (Lipinski definition) is 3. The van der Waals surface area contributed by atoms with E-state index in [4.69, 9.17) is 0 Å². The van der Waals surface area contributed by atoms with Crippen molar-refractivity contribution in [3.63, 3.8) is 0 Å². The predicted octanol–water partition coefficient (Wildman–Crippen LogP) is 3.41. The lowest BCUT2D eigenvalue weighted by Crippen LogP contribution is -2.34. The molecule has 0 fully saturated rings. The van der Waals surface area contributed by atoms with Crippen LogP contribution in [0.15, 0.2) is 46.9 Å². The Morgan fingerprint density at radius 2 is 2.00 bits per heavy atom. The molecule has 24 heavy (non-hydrogen) atoms. The minimum atomic E-state index is -3.32. The number of nitrogens with one attached hydrogen (secondary N) is 1. The summed E-state index contributed by atoms with van der Waals surface area (Å²) >= 11 is 3.37. The number of carbonyl (C=O) groups excluding carboxylic acids is 1. The van der Waals surface area contributed by atoms with Gasteiger partial charge in [0.2, 0.25) is 10.0 Å². The van der Waals surface area contributed by atoms with Crippen LogP contribution >= 0.6 is 15.9 Å². The van der Waals surface area contributed by atoms with Crippen LogP contribution in [0.2, 0.25) is 0 Å². The van der Waals surface area contributed by atoms with Crippen LogP contribution in [0.4, 0.5) is 11.4 Å². The molecule has 0 bridgehead atoms. The Balaban J connectivity index is 1.87. The largest absolute Gasteiger partial charge is 0.322 e. The Morgan fingerprint density at radius 3 is 2.67 bits per heavy atom. The van der Waals surface area contributed by atoms with Gasteiger partial charge in [0.05, 0.1) is 11.9 Å². The lowest BCUT2D eigenvalue weighted by molar-refractivity contribution is 0.102. The number of sulfonamides is 1. The molecule has 3 rings (SSSR count). The highest BCUT2D eigenvalue weighted by Crippen LogP contribution is 2.34. The standard InChI is InChI=1S/C17H17BrN2O3S/c1-11-8-13-9-12(6-7-16(13)20(11)24(2,22)23)17(21)19-15-5-3-4-14(18)10-15/h3-7,9-11H,8H2,1-2H3,(H,19,21)/t11-/m0/s1. The maximum Gasteiger partial charge on any atom is 0.255 e. The second kappa shape index (κ2) is 6.22. The lowest BCUT2D eigenvalue weighted by atomic mass is 10.1. The highest BCUT2D eigenvalue weighted by atomic mass is 79.9. The molecule has 0 saturated heterocycles. The fourth-order valence-electron chi connectivity index (χ4n) is 3.02. The first-order chi connectivity index (χ1) is 11.3. The Morgan fingerprint density at radius 1 is 1.25 bits per heavy atom. The number of benzene rings is 2. The van der Waals surface area contributed by atoms with E-state index in [-0.39, 0.29) is 11.9 Å². The minimum Gasteiger partial charge on any atom is -0.322 e. The Bertz CT molecular complexity index is 912. The molecule has 1 aliphatic heterocycles. The monoisotopic (exact) mass is 408 g/mol. The van der Waals surface area contributed by atoms with E-state index in [2.05, 4.69) is 21.2 Å². The SMILES string of the molecule is C[C@H]1Cc2cc(C(=O)Nc3cccc(Br)c3)ccc2N1S(C)(=O)=O. The van der Waals surface area contributed by atoms with E-state index in [1.165, 1.54) is 10.6 Å². The summed E-state index contributed by atoms with van der Waals surface area (Å²) in [5.41, 5.74) is 2.73. The van der Waals surface area contributed by atoms with Crippen molar-refractivity contribution in [1.82, 2.24) is 0 Å². The number of rotatable bonds is 3. The van der Waals surface area contributed by atoms with E-state index in [0.717, 1.165) is 10.0 Å². The molecule has 1 aliphatic rings. The van der Waals surface area contributed by atoms with Crippen molar-refractivity contribution in [3.8, 4) is 0 Å².